The van der Waals surface area contributed by atoms with Gasteiger partial charge in [-0.2, -0.15) is 0 Å². The second-order valence-electron chi connectivity index (χ2n) is 12.2. The first-order chi connectivity index (χ1) is 18.1. The van der Waals surface area contributed by atoms with Gasteiger partial charge in [-0.3, -0.25) is 0 Å². The van der Waals surface area contributed by atoms with Crippen molar-refractivity contribution in [2.75, 3.05) is 0 Å². The van der Waals surface area contributed by atoms with E-state index in [4.69, 9.17) is 0 Å². The number of allylic oxidation sites excluding steroid dienone is 2. The predicted molar refractivity (Wildman–Crippen MR) is 153 cm³/mol. The van der Waals surface area contributed by atoms with Gasteiger partial charge in [0.2, 0.25) is 0 Å². The average molecular weight is 493 g/mol. The zero-order valence-corrected chi connectivity index (χ0v) is 22.5. The van der Waals surface area contributed by atoms with E-state index in [0.717, 1.165) is 35.2 Å². The topological polar surface area (TPSA) is 0 Å². The summed E-state index contributed by atoms with van der Waals surface area (Å²) in [6, 6.07) is 27.4. The van der Waals surface area contributed by atoms with Gasteiger partial charge in [0.1, 0.15) is 5.82 Å². The Hall–Kier alpha value is -2.67. The normalized spacial score (nSPS) is 30.1. The molecule has 0 radical (unpaired) electrons. The average Bonchev–Trinajstić information content (AvgIpc) is 2.95. The summed E-state index contributed by atoms with van der Waals surface area (Å²) < 4.78 is 13.4. The van der Waals surface area contributed by atoms with E-state index < -0.39 is 0 Å². The van der Waals surface area contributed by atoms with E-state index >= 15 is 0 Å². The summed E-state index contributed by atoms with van der Waals surface area (Å²) in [6.07, 6.45) is 10.8. The van der Waals surface area contributed by atoms with Crippen molar-refractivity contribution in [1.82, 2.24) is 0 Å². The lowest BCUT2D eigenvalue weighted by atomic mass is 9.58. The Labute approximate surface area is 223 Å². The Bertz CT molecular complexity index is 1210. The summed E-state index contributed by atoms with van der Waals surface area (Å²) in [5.74, 6) is 4.18. The molecule has 0 saturated heterocycles. The van der Waals surface area contributed by atoms with Gasteiger partial charge < -0.3 is 0 Å². The lowest BCUT2D eigenvalue weighted by Gasteiger charge is -2.47. The Morgan fingerprint density at radius 3 is 1.78 bits per heavy atom. The molecule has 0 N–H and O–H groups in total. The first-order valence-electron chi connectivity index (χ1n) is 14.7. The maximum absolute atomic E-state index is 13.4. The minimum Gasteiger partial charge on any atom is -0.207 e. The molecule has 4 atom stereocenters. The smallest absolute Gasteiger partial charge is 0.123 e. The van der Waals surface area contributed by atoms with Crippen LogP contribution in [0.4, 0.5) is 4.39 Å². The highest BCUT2D eigenvalue weighted by Crippen LogP contribution is 2.55. The molecule has 1 saturated carbocycles. The molecule has 4 unspecified atom stereocenters. The van der Waals surface area contributed by atoms with E-state index in [9.17, 15) is 4.39 Å². The summed E-state index contributed by atoms with van der Waals surface area (Å²) in [5, 5.41) is 0. The first kappa shape index (κ1) is 24.7. The van der Waals surface area contributed by atoms with Gasteiger partial charge in [-0.1, -0.05) is 91.7 Å². The summed E-state index contributed by atoms with van der Waals surface area (Å²) in [7, 11) is 0. The third-order valence-electron chi connectivity index (χ3n) is 10.1. The molecule has 1 heteroatoms. The highest BCUT2D eigenvalue weighted by atomic mass is 19.1. The van der Waals surface area contributed by atoms with E-state index in [1.807, 2.05) is 23.3 Å². The molecule has 0 heterocycles. The fourth-order valence-corrected chi connectivity index (χ4v) is 8.16. The van der Waals surface area contributed by atoms with Gasteiger partial charge in [0.25, 0.3) is 0 Å². The molecule has 0 bridgehead atoms. The van der Waals surface area contributed by atoms with Gasteiger partial charge in [0.05, 0.1) is 0 Å². The van der Waals surface area contributed by atoms with E-state index in [-0.39, 0.29) is 5.82 Å². The van der Waals surface area contributed by atoms with Crippen LogP contribution in [0, 0.1) is 29.5 Å². The highest BCUT2D eigenvalue weighted by molar-refractivity contribution is 5.64. The van der Waals surface area contributed by atoms with Crippen molar-refractivity contribution in [2.45, 2.75) is 77.0 Å². The van der Waals surface area contributed by atoms with E-state index in [1.165, 1.54) is 62.5 Å². The van der Waals surface area contributed by atoms with E-state index in [2.05, 4.69) is 68.4 Å². The molecule has 0 amide bonds. The van der Waals surface area contributed by atoms with Crippen LogP contribution in [0.2, 0.25) is 0 Å². The molecular formula is C36H41F. The van der Waals surface area contributed by atoms with Crippen LogP contribution in [0.3, 0.4) is 0 Å². The number of benzene rings is 3. The van der Waals surface area contributed by atoms with E-state index in [0.29, 0.717) is 5.92 Å². The lowest BCUT2D eigenvalue weighted by molar-refractivity contribution is 0.207. The maximum Gasteiger partial charge on any atom is 0.123 e. The SMILES string of the molecule is CC1CCC(c2ccc(-c3ccc(F)cc3)cc2)C2=C1C(C)CCC2C1CCC(c2ccccc2)CC1. The van der Waals surface area contributed by atoms with Gasteiger partial charge in [-0.25, -0.2) is 4.39 Å². The van der Waals surface area contributed by atoms with Crippen LogP contribution >= 0.6 is 0 Å². The Balaban J connectivity index is 1.27. The van der Waals surface area contributed by atoms with Crippen LogP contribution in [-0.4, -0.2) is 0 Å². The third-order valence-corrected chi connectivity index (χ3v) is 10.1. The maximum atomic E-state index is 13.4. The van der Waals surface area contributed by atoms with Crippen molar-refractivity contribution in [3.8, 4) is 11.1 Å². The second-order valence-corrected chi connectivity index (χ2v) is 12.2. The van der Waals surface area contributed by atoms with Crippen LogP contribution in [0.5, 0.6) is 0 Å². The molecule has 37 heavy (non-hydrogen) atoms. The number of halogens is 1. The largest absolute Gasteiger partial charge is 0.207 e. The fraction of sp³-hybridized carbons (Fsp3) is 0.444. The van der Waals surface area contributed by atoms with Crippen molar-refractivity contribution < 1.29 is 4.39 Å². The van der Waals surface area contributed by atoms with Crippen LogP contribution in [-0.2, 0) is 0 Å². The Morgan fingerprint density at radius 1 is 0.541 bits per heavy atom. The van der Waals surface area contributed by atoms with Gasteiger partial charge >= 0.3 is 0 Å². The molecule has 0 aromatic heterocycles. The van der Waals surface area contributed by atoms with Crippen LogP contribution in [0.15, 0.2) is 90.0 Å². The van der Waals surface area contributed by atoms with Crippen LogP contribution < -0.4 is 0 Å². The molecule has 6 rings (SSSR count). The standard InChI is InChI=1S/C36H41F/c1-24-8-22-33(30-14-10-27(11-15-30)26-6-4-3-5-7-26)36-34(23-9-25(2)35(24)36)31-16-12-28(13-17-31)29-18-20-32(37)21-19-29/h3-7,12-13,16-21,24-25,27,30,33-34H,8-11,14-15,22-23H2,1-2H3. The molecule has 3 aromatic carbocycles. The zero-order valence-electron chi connectivity index (χ0n) is 22.5. The lowest BCUT2D eigenvalue weighted by Crippen LogP contribution is -2.34. The molecule has 3 aliphatic rings. The Morgan fingerprint density at radius 2 is 1.14 bits per heavy atom. The fourth-order valence-electron chi connectivity index (χ4n) is 8.16. The summed E-state index contributed by atoms with van der Waals surface area (Å²) >= 11 is 0. The minimum atomic E-state index is -0.175. The second kappa shape index (κ2) is 10.6. The summed E-state index contributed by atoms with van der Waals surface area (Å²) in [4.78, 5) is 0. The van der Waals surface area contributed by atoms with Gasteiger partial charge in [-0.15, -0.1) is 0 Å². The van der Waals surface area contributed by atoms with Crippen LogP contribution in [0.1, 0.15) is 88.2 Å². The zero-order chi connectivity index (χ0) is 25.4. The van der Waals surface area contributed by atoms with Gasteiger partial charge in [0, 0.05) is 5.92 Å². The van der Waals surface area contributed by atoms with Crippen molar-refractivity contribution in [2.24, 2.45) is 23.7 Å². The molecule has 0 spiro atoms. The van der Waals surface area contributed by atoms with Crippen LogP contribution in [0.25, 0.3) is 11.1 Å². The summed E-state index contributed by atoms with van der Waals surface area (Å²) in [5.41, 5.74) is 8.96. The quantitative estimate of drug-likeness (QED) is 0.318. The van der Waals surface area contributed by atoms with Crippen molar-refractivity contribution >= 4 is 0 Å². The predicted octanol–water partition coefficient (Wildman–Crippen LogP) is 10.3. The third kappa shape index (κ3) is 4.95. The van der Waals surface area contributed by atoms with Crippen molar-refractivity contribution in [1.29, 1.82) is 0 Å². The van der Waals surface area contributed by atoms with Gasteiger partial charge in [0.15, 0.2) is 0 Å². The monoisotopic (exact) mass is 492 g/mol. The van der Waals surface area contributed by atoms with E-state index in [1.54, 1.807) is 17.7 Å². The molecule has 1 fully saturated rings. The molecule has 0 aliphatic heterocycles. The first-order valence-corrected chi connectivity index (χ1v) is 14.7. The van der Waals surface area contributed by atoms with Crippen molar-refractivity contribution in [3.63, 3.8) is 0 Å². The number of rotatable bonds is 4. The van der Waals surface area contributed by atoms with Gasteiger partial charge in [-0.05, 0) is 115 Å². The molecule has 3 aliphatic carbocycles. The minimum absolute atomic E-state index is 0.175. The van der Waals surface area contributed by atoms with Crippen molar-refractivity contribution in [3.05, 3.63) is 107 Å². The Kier molecular flexibility index (Phi) is 7.06. The number of hydrogen-bond acceptors (Lipinski definition) is 0. The summed E-state index contributed by atoms with van der Waals surface area (Å²) in [6.45, 7) is 4.99. The molecular weight excluding hydrogens is 451 g/mol. The number of hydrogen-bond donors (Lipinski definition) is 0. The molecule has 192 valence electrons. The highest BCUT2D eigenvalue weighted by Gasteiger charge is 2.41. The molecule has 3 aromatic rings. The molecule has 0 nitrogen and oxygen atoms in total.